The quantitative estimate of drug-likeness (QED) is 0.625. The van der Waals surface area contributed by atoms with Crippen LogP contribution in [0.2, 0.25) is 0 Å². The number of rotatable bonds is 7. The van der Waals surface area contributed by atoms with Crippen LogP contribution in [0, 0.1) is 12.3 Å². The third-order valence-electron chi connectivity index (χ3n) is 6.49. The molecule has 182 valence electrons. The number of urea groups is 1. The molecule has 8 heteroatoms. The molecule has 2 heterocycles. The Hall–Kier alpha value is -3.83. The zero-order chi connectivity index (χ0) is 24.8. The van der Waals surface area contributed by atoms with E-state index in [0.717, 1.165) is 18.4 Å². The number of nitrogens with one attached hydrogen (secondary N) is 1. The Labute approximate surface area is 206 Å². The molecule has 4 rings (SSSR count). The summed E-state index contributed by atoms with van der Waals surface area (Å²) in [5.41, 5.74) is 2.17. The Morgan fingerprint density at radius 1 is 1.06 bits per heavy atom. The monoisotopic (exact) mass is 473 g/mol. The van der Waals surface area contributed by atoms with Crippen LogP contribution in [0.4, 0.5) is 4.79 Å². The van der Waals surface area contributed by atoms with E-state index in [1.54, 1.807) is 16.8 Å². The van der Waals surface area contributed by atoms with Crippen LogP contribution in [0.5, 0.6) is 0 Å². The average molecular weight is 474 g/mol. The van der Waals surface area contributed by atoms with E-state index in [-0.39, 0.29) is 37.5 Å². The Bertz CT molecular complexity index is 1090. The molecule has 2 fully saturated rings. The summed E-state index contributed by atoms with van der Waals surface area (Å²) in [4.78, 5) is 42.8. The number of carbonyl (C=O) groups excluding carboxylic acids is 3. The molecular weight excluding hydrogens is 442 g/mol. The molecule has 2 aromatic carbocycles. The van der Waals surface area contributed by atoms with Gasteiger partial charge in [0.1, 0.15) is 12.2 Å². The number of nitrogens with zero attached hydrogens (tertiary/aromatic N) is 4. The molecule has 0 radical (unpaired) electrons. The van der Waals surface area contributed by atoms with Gasteiger partial charge in [-0.2, -0.15) is 5.01 Å². The molecule has 8 nitrogen and oxygen atoms in total. The van der Waals surface area contributed by atoms with Crippen molar-refractivity contribution in [2.75, 3.05) is 26.2 Å². The first kappa shape index (κ1) is 24.3. The van der Waals surface area contributed by atoms with E-state index >= 15 is 0 Å². The van der Waals surface area contributed by atoms with Gasteiger partial charge < -0.3 is 15.1 Å². The van der Waals surface area contributed by atoms with E-state index in [4.69, 9.17) is 6.42 Å². The maximum absolute atomic E-state index is 13.4. The number of aryl methyl sites for hydroxylation is 1. The third-order valence-corrected chi connectivity index (χ3v) is 6.49. The number of hydrazine groups is 1. The smallest absolute Gasteiger partial charge is 0.334 e. The summed E-state index contributed by atoms with van der Waals surface area (Å²) in [5, 5.41) is 6.06. The van der Waals surface area contributed by atoms with E-state index in [2.05, 4.69) is 23.4 Å². The van der Waals surface area contributed by atoms with Gasteiger partial charge in [-0.05, 0) is 30.9 Å². The van der Waals surface area contributed by atoms with Crippen LogP contribution in [0.3, 0.4) is 0 Å². The van der Waals surface area contributed by atoms with Gasteiger partial charge in [0, 0.05) is 13.1 Å². The van der Waals surface area contributed by atoms with Crippen molar-refractivity contribution in [2.24, 2.45) is 0 Å². The van der Waals surface area contributed by atoms with Crippen molar-refractivity contribution >= 4 is 17.8 Å². The van der Waals surface area contributed by atoms with Crippen LogP contribution in [0.15, 0.2) is 60.7 Å². The molecule has 2 aliphatic rings. The second kappa shape index (κ2) is 11.1. The SMILES string of the molecule is C#CCN1CC(=O)N2[C@@H](C)C(=O)N(CCCc3ccccc3)C[C@@H]2N1C(=O)NCc1ccccc1. The van der Waals surface area contributed by atoms with E-state index in [0.29, 0.717) is 13.1 Å². The number of hydrogen-bond donors (Lipinski definition) is 1. The second-order valence-corrected chi connectivity index (χ2v) is 8.85. The molecule has 35 heavy (non-hydrogen) atoms. The summed E-state index contributed by atoms with van der Waals surface area (Å²) in [6, 6.07) is 18.7. The maximum atomic E-state index is 13.4. The molecule has 0 bridgehead atoms. The highest BCUT2D eigenvalue weighted by molar-refractivity contribution is 5.91. The average Bonchev–Trinajstić information content (AvgIpc) is 2.87. The molecule has 2 aliphatic heterocycles. The van der Waals surface area contributed by atoms with Crippen LogP contribution in [-0.2, 0) is 22.6 Å². The lowest BCUT2D eigenvalue weighted by Gasteiger charge is -2.54. The van der Waals surface area contributed by atoms with E-state index < -0.39 is 12.2 Å². The number of piperazine rings is 1. The number of terminal acetylenes is 1. The van der Waals surface area contributed by atoms with Gasteiger partial charge in [-0.1, -0.05) is 66.6 Å². The van der Waals surface area contributed by atoms with Crippen LogP contribution in [0.1, 0.15) is 24.5 Å². The van der Waals surface area contributed by atoms with Gasteiger partial charge in [0.15, 0.2) is 0 Å². The van der Waals surface area contributed by atoms with Crippen molar-refractivity contribution in [1.82, 2.24) is 25.1 Å². The minimum atomic E-state index is -0.657. The highest BCUT2D eigenvalue weighted by atomic mass is 16.2. The highest BCUT2D eigenvalue weighted by Crippen LogP contribution is 2.26. The van der Waals surface area contributed by atoms with Gasteiger partial charge in [0.25, 0.3) is 0 Å². The Balaban J connectivity index is 1.50. The lowest BCUT2D eigenvalue weighted by molar-refractivity contribution is -0.187. The lowest BCUT2D eigenvalue weighted by atomic mass is 10.1. The van der Waals surface area contributed by atoms with Crippen molar-refractivity contribution < 1.29 is 14.4 Å². The van der Waals surface area contributed by atoms with E-state index in [1.807, 2.05) is 48.5 Å². The van der Waals surface area contributed by atoms with Gasteiger partial charge in [-0.3, -0.25) is 9.59 Å². The predicted octanol–water partition coefficient (Wildman–Crippen LogP) is 2.08. The molecule has 0 aromatic heterocycles. The van der Waals surface area contributed by atoms with Gasteiger partial charge in [0.05, 0.1) is 19.6 Å². The van der Waals surface area contributed by atoms with Crippen molar-refractivity contribution in [2.45, 2.75) is 38.5 Å². The first-order valence-electron chi connectivity index (χ1n) is 11.9. The van der Waals surface area contributed by atoms with Crippen LogP contribution >= 0.6 is 0 Å². The molecular formula is C27H31N5O3. The van der Waals surface area contributed by atoms with Gasteiger partial charge in [0.2, 0.25) is 11.8 Å². The first-order valence-corrected chi connectivity index (χ1v) is 11.9. The summed E-state index contributed by atoms with van der Waals surface area (Å²) in [7, 11) is 0. The third kappa shape index (κ3) is 5.47. The topological polar surface area (TPSA) is 76.2 Å². The molecule has 0 saturated carbocycles. The fraction of sp³-hybridized carbons (Fsp3) is 0.370. The Kier molecular flexibility index (Phi) is 7.68. The highest BCUT2D eigenvalue weighted by Gasteiger charge is 2.49. The predicted molar refractivity (Wildman–Crippen MR) is 132 cm³/mol. The van der Waals surface area contributed by atoms with Crippen molar-refractivity contribution in [3.63, 3.8) is 0 Å². The Morgan fingerprint density at radius 2 is 1.71 bits per heavy atom. The number of carbonyl (C=O) groups is 3. The zero-order valence-electron chi connectivity index (χ0n) is 20.0. The summed E-state index contributed by atoms with van der Waals surface area (Å²) in [6.07, 6.45) is 6.57. The minimum absolute atomic E-state index is 0.0505. The van der Waals surface area contributed by atoms with Crippen LogP contribution in [0.25, 0.3) is 0 Å². The normalized spacial score (nSPS) is 20.4. The molecule has 4 amide bonds. The molecule has 2 atom stereocenters. The zero-order valence-corrected chi connectivity index (χ0v) is 20.0. The van der Waals surface area contributed by atoms with Gasteiger partial charge in [-0.15, -0.1) is 6.42 Å². The number of hydrogen-bond acceptors (Lipinski definition) is 4. The van der Waals surface area contributed by atoms with E-state index in [9.17, 15) is 14.4 Å². The summed E-state index contributed by atoms with van der Waals surface area (Å²) in [5.74, 6) is 2.24. The molecule has 2 aromatic rings. The summed E-state index contributed by atoms with van der Waals surface area (Å²) >= 11 is 0. The molecule has 0 aliphatic carbocycles. The second-order valence-electron chi connectivity index (χ2n) is 8.85. The first-order chi connectivity index (χ1) is 17.0. The number of benzene rings is 2. The van der Waals surface area contributed by atoms with Crippen molar-refractivity contribution in [1.29, 1.82) is 0 Å². The lowest BCUT2D eigenvalue weighted by Crippen LogP contribution is -2.76. The van der Waals surface area contributed by atoms with E-state index in [1.165, 1.54) is 15.5 Å². The standard InChI is InChI=1S/C27H31N5O3/c1-3-16-30-20-25(33)31-21(2)26(34)29(17-10-15-22-11-6-4-7-12-22)19-24(31)32(30)27(35)28-18-23-13-8-5-9-14-23/h1,4-9,11-14,21,24H,10,15-20H2,2H3,(H,28,35)/t21-,24-/m0/s1. The van der Waals surface area contributed by atoms with Gasteiger partial charge >= 0.3 is 6.03 Å². The summed E-state index contributed by atoms with van der Waals surface area (Å²) < 4.78 is 0. The number of amides is 4. The Morgan fingerprint density at radius 3 is 2.37 bits per heavy atom. The van der Waals surface area contributed by atoms with Gasteiger partial charge in [-0.25, -0.2) is 9.80 Å². The molecule has 1 N–H and O–H groups in total. The summed E-state index contributed by atoms with van der Waals surface area (Å²) in [6.45, 7) is 2.93. The van der Waals surface area contributed by atoms with Crippen LogP contribution in [-0.4, -0.2) is 76.0 Å². The molecule has 2 saturated heterocycles. The maximum Gasteiger partial charge on any atom is 0.334 e. The molecule has 0 unspecified atom stereocenters. The molecule has 0 spiro atoms. The number of fused-ring (bicyclic) bond motifs is 1. The van der Waals surface area contributed by atoms with Crippen LogP contribution < -0.4 is 5.32 Å². The fourth-order valence-electron chi connectivity index (χ4n) is 4.77. The van der Waals surface area contributed by atoms with Crippen molar-refractivity contribution in [3.8, 4) is 12.3 Å². The minimum Gasteiger partial charge on any atom is -0.337 e. The fourth-order valence-corrected chi connectivity index (χ4v) is 4.77. The largest absolute Gasteiger partial charge is 0.337 e. The van der Waals surface area contributed by atoms with Crippen molar-refractivity contribution in [3.05, 3.63) is 71.8 Å².